The molecule has 0 atom stereocenters. The molecule has 5 heteroatoms. The van der Waals surface area contributed by atoms with E-state index in [9.17, 15) is 9.59 Å². The molecule has 0 saturated heterocycles. The molecule has 2 N–H and O–H groups in total. The monoisotopic (exact) mass is 427 g/mol. The minimum absolute atomic E-state index is 0.0391. The molecule has 32 heavy (non-hydrogen) atoms. The summed E-state index contributed by atoms with van der Waals surface area (Å²) < 4.78 is 5.53. The van der Waals surface area contributed by atoms with Crippen molar-refractivity contribution >= 4 is 18.1 Å². The van der Waals surface area contributed by atoms with Crippen molar-refractivity contribution in [3.8, 4) is 11.1 Å². The summed E-state index contributed by atoms with van der Waals surface area (Å²) in [6.07, 6.45) is 3.89. The Balaban J connectivity index is 1.28. The highest BCUT2D eigenvalue weighted by molar-refractivity contribution is 5.79. The largest absolute Gasteiger partial charge is 0.481 e. The molecule has 3 aromatic carbocycles. The fourth-order valence-corrected chi connectivity index (χ4v) is 4.09. The first-order chi connectivity index (χ1) is 15.6. The van der Waals surface area contributed by atoms with Crippen LogP contribution in [0.3, 0.4) is 0 Å². The maximum atomic E-state index is 12.2. The Kier molecular flexibility index (Phi) is 6.66. The maximum absolute atomic E-state index is 12.2. The average molecular weight is 428 g/mol. The Morgan fingerprint density at radius 1 is 0.938 bits per heavy atom. The Hall–Kier alpha value is -3.86. The third-order valence-electron chi connectivity index (χ3n) is 5.60. The predicted molar refractivity (Wildman–Crippen MR) is 125 cm³/mol. The van der Waals surface area contributed by atoms with E-state index in [0.29, 0.717) is 13.0 Å². The van der Waals surface area contributed by atoms with E-state index in [2.05, 4.69) is 29.6 Å². The second-order valence-corrected chi connectivity index (χ2v) is 7.75. The number of carboxylic acid groups (broad SMARTS) is 1. The van der Waals surface area contributed by atoms with Gasteiger partial charge in [-0.25, -0.2) is 4.79 Å². The summed E-state index contributed by atoms with van der Waals surface area (Å²) in [4.78, 5) is 22.9. The van der Waals surface area contributed by atoms with E-state index in [0.717, 1.165) is 11.1 Å². The van der Waals surface area contributed by atoms with Crippen LogP contribution in [0.2, 0.25) is 0 Å². The van der Waals surface area contributed by atoms with Crippen LogP contribution in [0, 0.1) is 0 Å². The zero-order chi connectivity index (χ0) is 22.3. The van der Waals surface area contributed by atoms with E-state index in [1.54, 1.807) is 0 Å². The number of fused-ring (bicyclic) bond motifs is 3. The van der Waals surface area contributed by atoms with Crippen molar-refractivity contribution in [1.82, 2.24) is 5.32 Å². The van der Waals surface area contributed by atoms with Crippen molar-refractivity contribution in [3.63, 3.8) is 0 Å². The second-order valence-electron chi connectivity index (χ2n) is 7.75. The lowest BCUT2D eigenvalue weighted by molar-refractivity contribution is -0.136. The molecule has 0 unspecified atom stereocenters. The lowest BCUT2D eigenvalue weighted by Gasteiger charge is -2.14. The zero-order valence-electron chi connectivity index (χ0n) is 17.7. The van der Waals surface area contributed by atoms with Crippen molar-refractivity contribution in [3.05, 3.63) is 101 Å². The van der Waals surface area contributed by atoms with Gasteiger partial charge in [0.05, 0.1) is 0 Å². The first-order valence-corrected chi connectivity index (χ1v) is 10.7. The van der Waals surface area contributed by atoms with E-state index in [1.807, 2.05) is 60.7 Å². The van der Waals surface area contributed by atoms with Gasteiger partial charge in [-0.1, -0.05) is 84.9 Å². The molecule has 3 aromatic rings. The summed E-state index contributed by atoms with van der Waals surface area (Å²) in [6, 6.07) is 24.2. The number of aryl methyl sites for hydroxylation is 1. The van der Waals surface area contributed by atoms with E-state index < -0.39 is 12.1 Å². The lowest BCUT2D eigenvalue weighted by atomic mass is 9.98. The molecule has 0 radical (unpaired) electrons. The quantitative estimate of drug-likeness (QED) is 0.514. The second kappa shape index (κ2) is 9.96. The van der Waals surface area contributed by atoms with Crippen LogP contribution >= 0.6 is 0 Å². The van der Waals surface area contributed by atoms with Gasteiger partial charge in [0.2, 0.25) is 0 Å². The van der Waals surface area contributed by atoms with Crippen LogP contribution in [0.5, 0.6) is 0 Å². The number of hydrogen-bond acceptors (Lipinski definition) is 3. The van der Waals surface area contributed by atoms with Gasteiger partial charge in [-0.2, -0.15) is 0 Å². The molecule has 0 bridgehead atoms. The number of ether oxygens (including phenoxy) is 1. The first-order valence-electron chi connectivity index (χ1n) is 10.7. The molecule has 0 aliphatic heterocycles. The number of carbonyl (C=O) groups is 2. The van der Waals surface area contributed by atoms with Crippen molar-refractivity contribution < 1.29 is 19.4 Å². The van der Waals surface area contributed by atoms with Gasteiger partial charge in [0.25, 0.3) is 0 Å². The predicted octanol–water partition coefficient (Wildman–Crippen LogP) is 5.26. The standard InChI is InChI=1S/C27H25NO4/c29-26(30)15-14-20-8-5-7-19(17-20)9-6-16-28-27(31)32-18-25-23-12-3-1-10-21(23)22-11-2-4-13-24(22)25/h1-13,17,25H,14-16,18H2,(H,28,31)(H,29,30). The van der Waals surface area contributed by atoms with Crippen LogP contribution < -0.4 is 5.32 Å². The number of benzene rings is 3. The molecule has 4 rings (SSSR count). The molecule has 5 nitrogen and oxygen atoms in total. The van der Waals surface area contributed by atoms with Crippen LogP contribution in [0.15, 0.2) is 78.9 Å². The topological polar surface area (TPSA) is 75.6 Å². The van der Waals surface area contributed by atoms with Crippen molar-refractivity contribution in [1.29, 1.82) is 0 Å². The zero-order valence-corrected chi connectivity index (χ0v) is 17.7. The normalized spacial score (nSPS) is 12.4. The van der Waals surface area contributed by atoms with Gasteiger partial charge in [-0.3, -0.25) is 4.79 Å². The average Bonchev–Trinajstić information content (AvgIpc) is 3.13. The summed E-state index contributed by atoms with van der Waals surface area (Å²) in [6.45, 7) is 0.630. The number of alkyl carbamates (subject to hydrolysis) is 1. The number of carbonyl (C=O) groups excluding carboxylic acids is 1. The Labute approximate surface area is 187 Å². The first kappa shape index (κ1) is 21.4. The van der Waals surface area contributed by atoms with Crippen LogP contribution in [0.25, 0.3) is 17.2 Å². The molecule has 0 heterocycles. The number of hydrogen-bond donors (Lipinski definition) is 2. The molecular weight excluding hydrogens is 402 g/mol. The molecular formula is C27H25NO4. The Bertz CT molecular complexity index is 1110. The SMILES string of the molecule is O=C(O)CCc1cccc(C=CCNC(=O)OCC2c3ccccc3-c3ccccc32)c1. The van der Waals surface area contributed by atoms with Gasteiger partial charge in [-0.05, 0) is 39.8 Å². The number of nitrogens with one attached hydrogen (secondary N) is 1. The van der Waals surface area contributed by atoms with Crippen molar-refractivity contribution in [2.45, 2.75) is 18.8 Å². The Morgan fingerprint density at radius 2 is 1.62 bits per heavy atom. The molecule has 0 fully saturated rings. The fraction of sp³-hybridized carbons (Fsp3) is 0.185. The molecule has 0 spiro atoms. The fourth-order valence-electron chi connectivity index (χ4n) is 4.09. The number of amides is 1. The highest BCUT2D eigenvalue weighted by Crippen LogP contribution is 2.44. The molecule has 1 aliphatic carbocycles. The van der Waals surface area contributed by atoms with Gasteiger partial charge in [0, 0.05) is 18.9 Å². The van der Waals surface area contributed by atoms with Gasteiger partial charge >= 0.3 is 12.1 Å². The van der Waals surface area contributed by atoms with Crippen LogP contribution in [0.1, 0.15) is 34.6 Å². The summed E-state index contributed by atoms with van der Waals surface area (Å²) in [5.41, 5.74) is 6.70. The van der Waals surface area contributed by atoms with Gasteiger partial charge in [0.1, 0.15) is 6.61 Å². The van der Waals surface area contributed by atoms with Crippen LogP contribution in [-0.2, 0) is 16.0 Å². The van der Waals surface area contributed by atoms with Crippen LogP contribution in [-0.4, -0.2) is 30.3 Å². The van der Waals surface area contributed by atoms with E-state index in [4.69, 9.17) is 9.84 Å². The van der Waals surface area contributed by atoms with E-state index in [-0.39, 0.29) is 18.9 Å². The van der Waals surface area contributed by atoms with Crippen LogP contribution in [0.4, 0.5) is 4.79 Å². The number of rotatable bonds is 8. The van der Waals surface area contributed by atoms with Gasteiger partial charge in [-0.15, -0.1) is 0 Å². The third-order valence-corrected chi connectivity index (χ3v) is 5.60. The van der Waals surface area contributed by atoms with Gasteiger partial charge in [0.15, 0.2) is 0 Å². The third kappa shape index (κ3) is 5.06. The highest BCUT2D eigenvalue weighted by atomic mass is 16.5. The molecule has 0 aromatic heterocycles. The van der Waals surface area contributed by atoms with Crippen molar-refractivity contribution in [2.75, 3.05) is 13.2 Å². The van der Waals surface area contributed by atoms with E-state index >= 15 is 0 Å². The smallest absolute Gasteiger partial charge is 0.407 e. The summed E-state index contributed by atoms with van der Waals surface area (Å²) >= 11 is 0. The number of carboxylic acids is 1. The Morgan fingerprint density at radius 3 is 2.31 bits per heavy atom. The molecule has 0 saturated carbocycles. The molecule has 1 aliphatic rings. The minimum Gasteiger partial charge on any atom is -0.481 e. The van der Waals surface area contributed by atoms with Crippen molar-refractivity contribution in [2.24, 2.45) is 0 Å². The lowest BCUT2D eigenvalue weighted by Crippen LogP contribution is -2.26. The molecule has 162 valence electrons. The highest BCUT2D eigenvalue weighted by Gasteiger charge is 2.28. The van der Waals surface area contributed by atoms with Gasteiger partial charge < -0.3 is 15.2 Å². The minimum atomic E-state index is -0.807. The summed E-state index contributed by atoms with van der Waals surface area (Å²) in [7, 11) is 0. The maximum Gasteiger partial charge on any atom is 0.407 e. The molecule has 1 amide bonds. The number of aliphatic carboxylic acids is 1. The summed E-state index contributed by atoms with van der Waals surface area (Å²) in [5.74, 6) is -0.768. The summed E-state index contributed by atoms with van der Waals surface area (Å²) in [5, 5.41) is 11.6. The van der Waals surface area contributed by atoms with E-state index in [1.165, 1.54) is 22.3 Å².